The molecule has 1 N–H and O–H groups in total. The lowest BCUT2D eigenvalue weighted by Crippen LogP contribution is -2.41. The average Bonchev–Trinajstić information content (AvgIpc) is 2.68. The minimum Gasteiger partial charge on any atom is -0.339 e. The van der Waals surface area contributed by atoms with Crippen LogP contribution in [0.5, 0.6) is 0 Å². The maximum absolute atomic E-state index is 12.5. The van der Waals surface area contributed by atoms with Gasteiger partial charge in [-0.25, -0.2) is 0 Å². The Morgan fingerprint density at radius 2 is 1.78 bits per heavy atom. The first-order valence-electron chi connectivity index (χ1n) is 8.54. The van der Waals surface area contributed by atoms with E-state index in [9.17, 15) is 19.7 Å². The van der Waals surface area contributed by atoms with Gasteiger partial charge in [0, 0.05) is 47.4 Å². The van der Waals surface area contributed by atoms with Crippen LogP contribution in [0.15, 0.2) is 48.5 Å². The second-order valence-corrected chi connectivity index (χ2v) is 6.81. The molecule has 2 aromatic rings. The van der Waals surface area contributed by atoms with Gasteiger partial charge in [-0.1, -0.05) is 17.7 Å². The summed E-state index contributed by atoms with van der Waals surface area (Å²) >= 11 is 5.84. The maximum Gasteiger partial charge on any atom is 0.271 e. The van der Waals surface area contributed by atoms with Crippen LogP contribution < -0.4 is 5.32 Å². The standard InChI is InChI=1S/C19H18ClN3O4/c20-15-6-4-14(5-7-15)19(25)22-10-8-13(9-11-22)18(24)21-16-2-1-3-17(12-16)23(26)27/h1-7,12-13H,8-11H2,(H,21,24). The summed E-state index contributed by atoms with van der Waals surface area (Å²) in [6, 6.07) is 12.6. The Bertz CT molecular complexity index is 862. The summed E-state index contributed by atoms with van der Waals surface area (Å²) in [4.78, 5) is 37.0. The molecule has 1 fully saturated rings. The summed E-state index contributed by atoms with van der Waals surface area (Å²) < 4.78 is 0. The molecule has 2 aromatic carbocycles. The average molecular weight is 388 g/mol. The molecule has 0 radical (unpaired) electrons. The number of non-ortho nitro benzene ring substituents is 1. The van der Waals surface area contributed by atoms with Gasteiger partial charge < -0.3 is 10.2 Å². The second-order valence-electron chi connectivity index (χ2n) is 6.37. The quantitative estimate of drug-likeness (QED) is 0.638. The number of likely N-dealkylation sites (tertiary alicyclic amines) is 1. The molecule has 0 bridgehead atoms. The number of piperidine rings is 1. The van der Waals surface area contributed by atoms with Gasteiger partial charge in [-0.3, -0.25) is 19.7 Å². The predicted molar refractivity (Wildman–Crippen MR) is 102 cm³/mol. The summed E-state index contributed by atoms with van der Waals surface area (Å²) in [6.07, 6.45) is 1.08. The van der Waals surface area contributed by atoms with E-state index in [0.717, 1.165) is 0 Å². The van der Waals surface area contributed by atoms with Crippen LogP contribution in [0.3, 0.4) is 0 Å². The van der Waals surface area contributed by atoms with E-state index in [-0.39, 0.29) is 23.4 Å². The molecule has 8 heteroatoms. The highest BCUT2D eigenvalue weighted by Crippen LogP contribution is 2.23. The number of benzene rings is 2. The first-order valence-corrected chi connectivity index (χ1v) is 8.92. The zero-order valence-corrected chi connectivity index (χ0v) is 15.2. The molecule has 2 amide bonds. The van der Waals surface area contributed by atoms with Gasteiger partial charge in [-0.2, -0.15) is 0 Å². The van der Waals surface area contributed by atoms with Gasteiger partial charge in [0.15, 0.2) is 0 Å². The van der Waals surface area contributed by atoms with Crippen molar-refractivity contribution in [2.24, 2.45) is 5.92 Å². The Hall–Kier alpha value is -2.93. The van der Waals surface area contributed by atoms with E-state index in [1.165, 1.54) is 18.2 Å². The highest BCUT2D eigenvalue weighted by atomic mass is 35.5. The lowest BCUT2D eigenvalue weighted by molar-refractivity contribution is -0.384. The molecular weight excluding hydrogens is 370 g/mol. The van der Waals surface area contributed by atoms with Crippen molar-refractivity contribution < 1.29 is 14.5 Å². The maximum atomic E-state index is 12.5. The van der Waals surface area contributed by atoms with Crippen molar-refractivity contribution >= 4 is 34.8 Å². The second kappa shape index (κ2) is 8.18. The largest absolute Gasteiger partial charge is 0.339 e. The third-order valence-electron chi connectivity index (χ3n) is 4.57. The van der Waals surface area contributed by atoms with Crippen LogP contribution in [0.25, 0.3) is 0 Å². The molecule has 0 spiro atoms. The molecule has 140 valence electrons. The fourth-order valence-corrected chi connectivity index (χ4v) is 3.19. The van der Waals surface area contributed by atoms with Crippen molar-refractivity contribution in [2.45, 2.75) is 12.8 Å². The molecule has 0 aromatic heterocycles. The van der Waals surface area contributed by atoms with Gasteiger partial charge in [0.2, 0.25) is 5.91 Å². The Labute approximate surface area is 161 Å². The third kappa shape index (κ3) is 4.62. The number of nitro groups is 1. The summed E-state index contributed by atoms with van der Waals surface area (Å²) in [5.41, 5.74) is 0.893. The fourth-order valence-electron chi connectivity index (χ4n) is 3.06. The molecule has 1 aliphatic heterocycles. The van der Waals surface area contributed by atoms with E-state index in [1.807, 2.05) is 0 Å². The van der Waals surface area contributed by atoms with Crippen molar-refractivity contribution in [3.8, 4) is 0 Å². The molecule has 27 heavy (non-hydrogen) atoms. The van der Waals surface area contributed by atoms with Crippen LogP contribution in [-0.4, -0.2) is 34.7 Å². The van der Waals surface area contributed by atoms with Crippen LogP contribution in [0, 0.1) is 16.0 Å². The van der Waals surface area contributed by atoms with Crippen molar-refractivity contribution in [3.63, 3.8) is 0 Å². The first kappa shape index (κ1) is 18.8. The molecule has 0 atom stereocenters. The lowest BCUT2D eigenvalue weighted by Gasteiger charge is -2.31. The molecule has 1 aliphatic rings. The normalized spacial score (nSPS) is 14.6. The molecule has 1 saturated heterocycles. The first-order chi connectivity index (χ1) is 12.9. The number of nitro benzene ring substituents is 1. The smallest absolute Gasteiger partial charge is 0.271 e. The Morgan fingerprint density at radius 3 is 2.41 bits per heavy atom. The van der Waals surface area contributed by atoms with Gasteiger partial charge in [-0.05, 0) is 43.2 Å². The van der Waals surface area contributed by atoms with E-state index in [2.05, 4.69) is 5.32 Å². The number of hydrogen-bond donors (Lipinski definition) is 1. The number of nitrogens with zero attached hydrogens (tertiary/aromatic N) is 2. The SMILES string of the molecule is O=C(Nc1cccc([N+](=O)[O-])c1)C1CCN(C(=O)c2ccc(Cl)cc2)CC1. The summed E-state index contributed by atoms with van der Waals surface area (Å²) in [7, 11) is 0. The molecule has 0 saturated carbocycles. The summed E-state index contributed by atoms with van der Waals surface area (Å²) in [6.45, 7) is 0.961. The Morgan fingerprint density at radius 1 is 1.11 bits per heavy atom. The van der Waals surface area contributed by atoms with E-state index in [1.54, 1.807) is 35.2 Å². The molecule has 3 rings (SSSR count). The Balaban J connectivity index is 1.56. The predicted octanol–water partition coefficient (Wildman–Crippen LogP) is 3.74. The number of anilines is 1. The van der Waals surface area contributed by atoms with E-state index < -0.39 is 4.92 Å². The van der Waals surface area contributed by atoms with E-state index >= 15 is 0 Å². The van der Waals surface area contributed by atoms with Gasteiger partial charge in [-0.15, -0.1) is 0 Å². The van der Waals surface area contributed by atoms with Crippen LogP contribution >= 0.6 is 11.6 Å². The summed E-state index contributed by atoms with van der Waals surface area (Å²) in [5, 5.41) is 14.1. The van der Waals surface area contributed by atoms with Crippen LogP contribution in [0.1, 0.15) is 23.2 Å². The van der Waals surface area contributed by atoms with Crippen LogP contribution in [0.2, 0.25) is 5.02 Å². The number of carbonyl (C=O) groups excluding carboxylic acids is 2. The van der Waals surface area contributed by atoms with Gasteiger partial charge in [0.25, 0.3) is 11.6 Å². The molecule has 0 unspecified atom stereocenters. The minimum absolute atomic E-state index is 0.0730. The number of nitrogens with one attached hydrogen (secondary N) is 1. The minimum atomic E-state index is -0.503. The number of amides is 2. The summed E-state index contributed by atoms with van der Waals surface area (Å²) in [5.74, 6) is -0.503. The highest BCUT2D eigenvalue weighted by Gasteiger charge is 2.28. The van der Waals surface area contributed by atoms with Gasteiger partial charge in [0.1, 0.15) is 0 Å². The molecule has 1 heterocycles. The van der Waals surface area contributed by atoms with Crippen LogP contribution in [0.4, 0.5) is 11.4 Å². The molecular formula is C19H18ClN3O4. The van der Waals surface area contributed by atoms with E-state index in [0.29, 0.717) is 42.2 Å². The van der Waals surface area contributed by atoms with Gasteiger partial charge in [0.05, 0.1) is 4.92 Å². The zero-order valence-electron chi connectivity index (χ0n) is 14.4. The lowest BCUT2D eigenvalue weighted by atomic mass is 9.95. The number of rotatable bonds is 4. The number of carbonyl (C=O) groups is 2. The molecule has 7 nitrogen and oxygen atoms in total. The van der Waals surface area contributed by atoms with Gasteiger partial charge >= 0.3 is 0 Å². The number of hydrogen-bond acceptors (Lipinski definition) is 4. The highest BCUT2D eigenvalue weighted by molar-refractivity contribution is 6.30. The topological polar surface area (TPSA) is 92.5 Å². The van der Waals surface area contributed by atoms with Crippen molar-refractivity contribution in [2.75, 3.05) is 18.4 Å². The van der Waals surface area contributed by atoms with Crippen molar-refractivity contribution in [1.82, 2.24) is 4.90 Å². The third-order valence-corrected chi connectivity index (χ3v) is 4.82. The van der Waals surface area contributed by atoms with Crippen LogP contribution in [-0.2, 0) is 4.79 Å². The Kier molecular flexibility index (Phi) is 5.71. The zero-order chi connectivity index (χ0) is 19.4. The van der Waals surface area contributed by atoms with Crippen molar-refractivity contribution in [3.05, 3.63) is 69.2 Å². The number of halogens is 1. The molecule has 0 aliphatic carbocycles. The monoisotopic (exact) mass is 387 g/mol. The van der Waals surface area contributed by atoms with E-state index in [4.69, 9.17) is 11.6 Å². The van der Waals surface area contributed by atoms with Crippen molar-refractivity contribution in [1.29, 1.82) is 0 Å². The fraction of sp³-hybridized carbons (Fsp3) is 0.263.